The van der Waals surface area contributed by atoms with Crippen molar-refractivity contribution in [2.45, 2.75) is 30.7 Å². The molecule has 2 aromatic carbocycles. The smallest absolute Gasteiger partial charge is 0.251 e. The van der Waals surface area contributed by atoms with Gasteiger partial charge in [0.25, 0.3) is 5.91 Å². The van der Waals surface area contributed by atoms with Crippen LogP contribution in [0.4, 0.5) is 0 Å². The number of aryl methyl sites for hydroxylation is 1. The number of nitrogens with one attached hydrogen (secondary N) is 1. The highest BCUT2D eigenvalue weighted by Crippen LogP contribution is 2.30. The Morgan fingerprint density at radius 3 is 2.38 bits per heavy atom. The minimum absolute atomic E-state index is 0.0321. The maximum Gasteiger partial charge on any atom is 0.251 e. The number of hydrogen-bond acceptors (Lipinski definition) is 6. The summed E-state index contributed by atoms with van der Waals surface area (Å²) in [6.07, 6.45) is 1.67. The molecule has 34 heavy (non-hydrogen) atoms. The quantitative estimate of drug-likeness (QED) is 0.616. The summed E-state index contributed by atoms with van der Waals surface area (Å²) in [5.74, 6) is -0.0776. The van der Waals surface area contributed by atoms with Gasteiger partial charge in [-0.1, -0.05) is 29.8 Å². The number of hydrogen-bond donors (Lipinski definition) is 1. The third-order valence-corrected chi connectivity index (χ3v) is 8.36. The molecule has 0 bridgehead atoms. The molecule has 2 fully saturated rings. The SMILES string of the molecule is COc1ccc(C(=O)N[C@@H](CN2CCOCC2)c2ccc(C)cc2)cc1S(=O)(=O)N1CCCC1. The fraction of sp³-hybridized carbons (Fsp3) is 0.480. The Morgan fingerprint density at radius 1 is 1.06 bits per heavy atom. The zero-order chi connectivity index (χ0) is 24.1. The molecule has 8 nitrogen and oxygen atoms in total. The van der Waals surface area contributed by atoms with Gasteiger partial charge in [-0.25, -0.2) is 8.42 Å². The van der Waals surface area contributed by atoms with Crippen molar-refractivity contribution in [2.75, 3.05) is 53.0 Å². The molecule has 2 aliphatic rings. The molecule has 0 saturated carbocycles. The van der Waals surface area contributed by atoms with E-state index in [1.165, 1.54) is 17.5 Å². The minimum atomic E-state index is -3.74. The van der Waals surface area contributed by atoms with Crippen LogP contribution >= 0.6 is 0 Å². The summed E-state index contributed by atoms with van der Waals surface area (Å²) in [7, 11) is -2.30. The predicted octanol–water partition coefficient (Wildman–Crippen LogP) is 2.59. The summed E-state index contributed by atoms with van der Waals surface area (Å²) in [4.78, 5) is 15.6. The Hall–Kier alpha value is -2.46. The number of methoxy groups -OCH3 is 1. The molecule has 2 aliphatic heterocycles. The number of amides is 1. The van der Waals surface area contributed by atoms with Crippen LogP contribution in [0.1, 0.15) is 40.4 Å². The maximum absolute atomic E-state index is 13.3. The van der Waals surface area contributed by atoms with Gasteiger partial charge in [-0.15, -0.1) is 0 Å². The number of ether oxygens (including phenoxy) is 2. The summed E-state index contributed by atoms with van der Waals surface area (Å²) in [6, 6.07) is 12.5. The Balaban J connectivity index is 1.59. The lowest BCUT2D eigenvalue weighted by Crippen LogP contribution is -2.43. The first-order valence-electron chi connectivity index (χ1n) is 11.7. The van der Waals surface area contributed by atoms with Crippen molar-refractivity contribution < 1.29 is 22.7 Å². The molecule has 4 rings (SSSR count). The van der Waals surface area contributed by atoms with E-state index in [0.717, 1.165) is 37.1 Å². The first-order valence-corrected chi connectivity index (χ1v) is 13.2. The molecule has 2 heterocycles. The molecule has 0 aromatic heterocycles. The van der Waals surface area contributed by atoms with Crippen LogP contribution in [0.2, 0.25) is 0 Å². The van der Waals surface area contributed by atoms with Crippen LogP contribution in [0.5, 0.6) is 5.75 Å². The van der Waals surface area contributed by atoms with E-state index in [4.69, 9.17) is 9.47 Å². The fourth-order valence-corrected chi connectivity index (χ4v) is 6.10. The first kappa shape index (κ1) is 24.7. The van der Waals surface area contributed by atoms with Crippen LogP contribution in [0.25, 0.3) is 0 Å². The number of carbonyl (C=O) groups is 1. The van der Waals surface area contributed by atoms with Crippen LogP contribution in [0, 0.1) is 6.92 Å². The average molecular weight is 488 g/mol. The Morgan fingerprint density at radius 2 is 1.74 bits per heavy atom. The molecule has 1 amide bonds. The largest absolute Gasteiger partial charge is 0.495 e. The van der Waals surface area contributed by atoms with Crippen molar-refractivity contribution in [3.8, 4) is 5.75 Å². The van der Waals surface area contributed by atoms with E-state index in [1.54, 1.807) is 12.1 Å². The highest BCUT2D eigenvalue weighted by molar-refractivity contribution is 7.89. The molecule has 9 heteroatoms. The average Bonchev–Trinajstić information content (AvgIpc) is 3.40. The van der Waals surface area contributed by atoms with Gasteiger partial charge in [-0.05, 0) is 43.5 Å². The van der Waals surface area contributed by atoms with E-state index in [9.17, 15) is 13.2 Å². The lowest BCUT2D eigenvalue weighted by atomic mass is 10.0. The van der Waals surface area contributed by atoms with Crippen LogP contribution in [0.3, 0.4) is 0 Å². The van der Waals surface area contributed by atoms with E-state index in [-0.39, 0.29) is 28.2 Å². The molecule has 2 aromatic rings. The number of carbonyl (C=O) groups excluding carboxylic acids is 1. The Labute approximate surface area is 201 Å². The van der Waals surface area contributed by atoms with E-state index in [0.29, 0.717) is 32.8 Å². The van der Waals surface area contributed by atoms with E-state index in [1.807, 2.05) is 31.2 Å². The molecule has 2 saturated heterocycles. The van der Waals surface area contributed by atoms with Gasteiger partial charge in [-0.3, -0.25) is 9.69 Å². The summed E-state index contributed by atoms with van der Waals surface area (Å²) >= 11 is 0. The van der Waals surface area contributed by atoms with Crippen LogP contribution < -0.4 is 10.1 Å². The molecule has 0 unspecified atom stereocenters. The number of rotatable bonds is 8. The standard InChI is InChI=1S/C25H33N3O5S/c1-19-5-7-20(8-6-19)22(18-27-13-15-33-16-14-27)26-25(29)21-9-10-23(32-2)24(17-21)34(30,31)28-11-3-4-12-28/h5-10,17,22H,3-4,11-16,18H2,1-2H3,(H,26,29)/t22-/m0/s1. The zero-order valence-corrected chi connectivity index (χ0v) is 20.6. The zero-order valence-electron chi connectivity index (χ0n) is 19.8. The van der Waals surface area contributed by atoms with Gasteiger partial charge in [-0.2, -0.15) is 4.31 Å². The first-order chi connectivity index (χ1) is 16.4. The summed E-state index contributed by atoms with van der Waals surface area (Å²) in [6.45, 7) is 6.59. The second-order valence-electron chi connectivity index (χ2n) is 8.83. The monoisotopic (exact) mass is 487 g/mol. The lowest BCUT2D eigenvalue weighted by molar-refractivity contribution is 0.0332. The highest BCUT2D eigenvalue weighted by atomic mass is 32.2. The Kier molecular flexibility index (Phi) is 7.88. The summed E-state index contributed by atoms with van der Waals surface area (Å²) < 4.78 is 38.7. The second kappa shape index (κ2) is 10.9. The van der Waals surface area contributed by atoms with Crippen molar-refractivity contribution in [1.82, 2.24) is 14.5 Å². The number of sulfonamides is 1. The molecule has 1 N–H and O–H groups in total. The number of benzene rings is 2. The van der Waals surface area contributed by atoms with Crippen LogP contribution in [-0.2, 0) is 14.8 Å². The van der Waals surface area contributed by atoms with E-state index in [2.05, 4.69) is 10.2 Å². The van der Waals surface area contributed by atoms with E-state index < -0.39 is 10.0 Å². The second-order valence-corrected chi connectivity index (χ2v) is 10.7. The van der Waals surface area contributed by atoms with Gasteiger partial charge < -0.3 is 14.8 Å². The third-order valence-electron chi connectivity index (χ3n) is 6.44. The molecular weight excluding hydrogens is 454 g/mol. The van der Waals surface area contributed by atoms with Crippen molar-refractivity contribution >= 4 is 15.9 Å². The predicted molar refractivity (Wildman–Crippen MR) is 130 cm³/mol. The molecule has 184 valence electrons. The van der Waals surface area contributed by atoms with Crippen molar-refractivity contribution in [3.05, 3.63) is 59.2 Å². The van der Waals surface area contributed by atoms with Gasteiger partial charge >= 0.3 is 0 Å². The number of nitrogens with zero attached hydrogens (tertiary/aromatic N) is 2. The molecule has 0 aliphatic carbocycles. The minimum Gasteiger partial charge on any atom is -0.495 e. The molecular formula is C25H33N3O5S. The molecule has 0 spiro atoms. The highest BCUT2D eigenvalue weighted by Gasteiger charge is 2.31. The number of morpholine rings is 1. The van der Waals surface area contributed by atoms with Crippen LogP contribution in [-0.4, -0.2) is 76.6 Å². The summed E-state index contributed by atoms with van der Waals surface area (Å²) in [5, 5.41) is 3.13. The van der Waals surface area contributed by atoms with Gasteiger partial charge in [0.15, 0.2) is 0 Å². The van der Waals surface area contributed by atoms with Crippen molar-refractivity contribution in [2.24, 2.45) is 0 Å². The molecule has 1 atom stereocenters. The van der Waals surface area contributed by atoms with E-state index >= 15 is 0 Å². The summed E-state index contributed by atoms with van der Waals surface area (Å²) in [5.41, 5.74) is 2.44. The maximum atomic E-state index is 13.3. The third kappa shape index (κ3) is 5.60. The van der Waals surface area contributed by atoms with Crippen molar-refractivity contribution in [1.29, 1.82) is 0 Å². The lowest BCUT2D eigenvalue weighted by Gasteiger charge is -2.31. The fourth-order valence-electron chi connectivity index (χ4n) is 4.40. The van der Waals surface area contributed by atoms with Gasteiger partial charge in [0.1, 0.15) is 10.6 Å². The van der Waals surface area contributed by atoms with Gasteiger partial charge in [0, 0.05) is 38.3 Å². The van der Waals surface area contributed by atoms with Crippen molar-refractivity contribution in [3.63, 3.8) is 0 Å². The topological polar surface area (TPSA) is 88.2 Å². The van der Waals surface area contributed by atoms with Gasteiger partial charge in [0.2, 0.25) is 10.0 Å². The Bertz CT molecular complexity index is 1090. The van der Waals surface area contributed by atoms with Gasteiger partial charge in [0.05, 0.1) is 26.4 Å². The molecule has 0 radical (unpaired) electrons. The normalized spacial score (nSPS) is 18.5. The van der Waals surface area contributed by atoms with Crippen LogP contribution in [0.15, 0.2) is 47.4 Å².